The zero-order chi connectivity index (χ0) is 15.9. The Kier molecular flexibility index (Phi) is 3.65. The molecule has 3 rings (SSSR count). The summed E-state index contributed by atoms with van der Waals surface area (Å²) in [5, 5.41) is 9.51. The lowest BCUT2D eigenvalue weighted by atomic mass is 9.97. The summed E-state index contributed by atoms with van der Waals surface area (Å²) in [7, 11) is 0. The molecule has 1 aliphatic rings. The molecular formula is C14H21N5O3. The van der Waals surface area contributed by atoms with Crippen LogP contribution in [0.2, 0.25) is 0 Å². The van der Waals surface area contributed by atoms with Crippen molar-refractivity contribution < 1.29 is 14.6 Å². The van der Waals surface area contributed by atoms with Crippen LogP contribution in [0.15, 0.2) is 6.33 Å². The van der Waals surface area contributed by atoms with Crippen LogP contribution in [-0.2, 0) is 4.74 Å². The van der Waals surface area contributed by atoms with E-state index in [9.17, 15) is 5.11 Å². The lowest BCUT2D eigenvalue weighted by molar-refractivity contribution is -0.0898. The number of aliphatic hydroxyl groups excluding tert-OH is 1. The summed E-state index contributed by atoms with van der Waals surface area (Å²) >= 11 is 0. The highest BCUT2D eigenvalue weighted by Gasteiger charge is 2.42. The number of nitrogen functional groups attached to an aromatic ring is 1. The average molecular weight is 307 g/mol. The lowest BCUT2D eigenvalue weighted by Crippen LogP contribution is -2.28. The fourth-order valence-corrected chi connectivity index (χ4v) is 3.00. The van der Waals surface area contributed by atoms with E-state index in [1.807, 2.05) is 18.4 Å². The van der Waals surface area contributed by atoms with Gasteiger partial charge in [0.2, 0.25) is 11.8 Å². The highest BCUT2D eigenvalue weighted by Crippen LogP contribution is 2.41. The molecule has 2 unspecified atom stereocenters. The van der Waals surface area contributed by atoms with Gasteiger partial charge in [-0.25, -0.2) is 4.98 Å². The van der Waals surface area contributed by atoms with Crippen molar-refractivity contribution in [2.45, 2.75) is 39.0 Å². The van der Waals surface area contributed by atoms with Gasteiger partial charge in [-0.1, -0.05) is 6.92 Å². The first-order valence-corrected chi connectivity index (χ1v) is 7.39. The van der Waals surface area contributed by atoms with Gasteiger partial charge in [0.05, 0.1) is 25.1 Å². The number of hydrogen-bond acceptors (Lipinski definition) is 7. The minimum Gasteiger partial charge on any atom is -0.476 e. The Morgan fingerprint density at radius 3 is 2.95 bits per heavy atom. The Labute approximate surface area is 128 Å². The number of fused-ring (bicyclic) bond motifs is 1. The minimum atomic E-state index is -0.554. The molecule has 120 valence electrons. The Morgan fingerprint density at radius 2 is 2.32 bits per heavy atom. The highest BCUT2D eigenvalue weighted by molar-refractivity contribution is 5.77. The minimum absolute atomic E-state index is 0.0260. The zero-order valence-electron chi connectivity index (χ0n) is 13.0. The van der Waals surface area contributed by atoms with Crippen molar-refractivity contribution in [3.8, 4) is 5.88 Å². The number of rotatable bonds is 4. The summed E-state index contributed by atoms with van der Waals surface area (Å²) in [5.41, 5.74) is 6.36. The molecule has 8 heteroatoms. The normalized spacial score (nSPS) is 28.4. The maximum atomic E-state index is 9.51. The maximum absolute atomic E-state index is 9.51. The van der Waals surface area contributed by atoms with E-state index in [4.69, 9.17) is 15.2 Å². The average Bonchev–Trinajstić information content (AvgIpc) is 3.00. The molecule has 0 saturated carbocycles. The summed E-state index contributed by atoms with van der Waals surface area (Å²) < 4.78 is 13.3. The van der Waals surface area contributed by atoms with E-state index in [-0.39, 0.29) is 24.7 Å². The summed E-state index contributed by atoms with van der Waals surface area (Å²) in [6, 6.07) is 0. The van der Waals surface area contributed by atoms with Crippen LogP contribution >= 0.6 is 0 Å². The van der Waals surface area contributed by atoms with Crippen molar-refractivity contribution in [1.29, 1.82) is 0 Å². The maximum Gasteiger partial charge on any atom is 0.247 e. The van der Waals surface area contributed by atoms with Crippen LogP contribution in [0.25, 0.3) is 11.2 Å². The molecule has 1 aliphatic heterocycles. The largest absolute Gasteiger partial charge is 0.476 e. The molecule has 0 amide bonds. The first-order valence-electron chi connectivity index (χ1n) is 7.39. The molecule has 3 N–H and O–H groups in total. The van der Waals surface area contributed by atoms with Crippen LogP contribution in [0.1, 0.15) is 33.4 Å². The standard InChI is InChI=1S/C14H21N5O3/c1-4-21-11-9-10(17-13(15)18-11)19(7-16-9)12-8(2)5-14(3,6-20)22-12/h7-8,12,20H,4-6H2,1-3H3,(H2,15,17,18)/t8?,12-,14?/m1/s1. The van der Waals surface area contributed by atoms with Crippen molar-refractivity contribution in [2.75, 3.05) is 18.9 Å². The summed E-state index contributed by atoms with van der Waals surface area (Å²) in [4.78, 5) is 12.7. The number of aliphatic hydroxyl groups is 1. The van der Waals surface area contributed by atoms with E-state index in [0.717, 1.165) is 6.42 Å². The second-order valence-electron chi connectivity index (χ2n) is 5.94. The van der Waals surface area contributed by atoms with Crippen LogP contribution in [-0.4, -0.2) is 43.4 Å². The fourth-order valence-electron chi connectivity index (χ4n) is 3.00. The van der Waals surface area contributed by atoms with E-state index >= 15 is 0 Å². The summed E-state index contributed by atoms with van der Waals surface area (Å²) in [6.45, 7) is 6.29. The van der Waals surface area contributed by atoms with Gasteiger partial charge in [-0.15, -0.1) is 0 Å². The summed E-state index contributed by atoms with van der Waals surface area (Å²) in [6.07, 6.45) is 2.16. The third-order valence-corrected chi connectivity index (χ3v) is 3.94. The van der Waals surface area contributed by atoms with Crippen molar-refractivity contribution in [1.82, 2.24) is 19.5 Å². The number of anilines is 1. The molecule has 0 bridgehead atoms. The molecule has 1 fully saturated rings. The van der Waals surface area contributed by atoms with Crippen molar-refractivity contribution >= 4 is 17.1 Å². The van der Waals surface area contributed by atoms with Crippen LogP contribution in [0, 0.1) is 5.92 Å². The summed E-state index contributed by atoms with van der Waals surface area (Å²) in [5.74, 6) is 0.717. The lowest BCUT2D eigenvalue weighted by Gasteiger charge is -2.22. The van der Waals surface area contributed by atoms with Gasteiger partial charge in [0, 0.05) is 5.92 Å². The highest BCUT2D eigenvalue weighted by atomic mass is 16.5. The second kappa shape index (κ2) is 5.36. The quantitative estimate of drug-likeness (QED) is 0.871. The number of ether oxygens (including phenoxy) is 2. The van der Waals surface area contributed by atoms with Gasteiger partial charge < -0.3 is 20.3 Å². The number of imidazole rings is 1. The molecule has 3 heterocycles. The topological polar surface area (TPSA) is 108 Å². The van der Waals surface area contributed by atoms with Gasteiger partial charge in [0.15, 0.2) is 11.2 Å². The van der Waals surface area contributed by atoms with Gasteiger partial charge in [-0.05, 0) is 20.3 Å². The molecule has 0 aromatic carbocycles. The number of hydrogen-bond donors (Lipinski definition) is 2. The molecule has 2 aromatic heterocycles. The molecule has 8 nitrogen and oxygen atoms in total. The molecule has 22 heavy (non-hydrogen) atoms. The Bertz CT molecular complexity index is 688. The van der Waals surface area contributed by atoms with Gasteiger partial charge in [0.25, 0.3) is 0 Å². The number of nitrogens with zero attached hydrogens (tertiary/aromatic N) is 4. The Morgan fingerprint density at radius 1 is 1.55 bits per heavy atom. The van der Waals surface area contributed by atoms with Gasteiger partial charge in [-0.2, -0.15) is 9.97 Å². The fraction of sp³-hybridized carbons (Fsp3) is 0.643. The molecule has 0 spiro atoms. The second-order valence-corrected chi connectivity index (χ2v) is 5.94. The Balaban J connectivity index is 2.05. The Hall–Kier alpha value is -1.93. The zero-order valence-corrected chi connectivity index (χ0v) is 13.0. The smallest absolute Gasteiger partial charge is 0.247 e. The van der Waals surface area contributed by atoms with Crippen molar-refractivity contribution in [2.24, 2.45) is 5.92 Å². The van der Waals surface area contributed by atoms with Gasteiger partial charge >= 0.3 is 0 Å². The van der Waals surface area contributed by atoms with Gasteiger partial charge in [-0.3, -0.25) is 4.57 Å². The number of aromatic nitrogens is 4. The molecular weight excluding hydrogens is 286 g/mol. The van der Waals surface area contributed by atoms with E-state index in [0.29, 0.717) is 23.7 Å². The molecule has 0 aliphatic carbocycles. The molecule has 1 saturated heterocycles. The van der Waals surface area contributed by atoms with E-state index in [1.165, 1.54) is 0 Å². The molecule has 0 radical (unpaired) electrons. The monoisotopic (exact) mass is 307 g/mol. The molecule has 2 aromatic rings. The van der Waals surface area contributed by atoms with Crippen LogP contribution in [0.4, 0.5) is 5.95 Å². The molecule has 3 atom stereocenters. The van der Waals surface area contributed by atoms with Crippen LogP contribution in [0.5, 0.6) is 5.88 Å². The van der Waals surface area contributed by atoms with E-state index in [2.05, 4.69) is 21.9 Å². The van der Waals surface area contributed by atoms with E-state index in [1.54, 1.807) is 6.33 Å². The van der Waals surface area contributed by atoms with Crippen LogP contribution in [0.3, 0.4) is 0 Å². The third kappa shape index (κ3) is 2.38. The predicted octanol–water partition coefficient (Wildman–Crippen LogP) is 1.11. The van der Waals surface area contributed by atoms with Gasteiger partial charge in [0.1, 0.15) is 6.23 Å². The van der Waals surface area contributed by atoms with Crippen molar-refractivity contribution in [3.05, 3.63) is 6.33 Å². The first kappa shape index (κ1) is 15.0. The van der Waals surface area contributed by atoms with Crippen LogP contribution < -0.4 is 10.5 Å². The number of nitrogens with two attached hydrogens (primary N) is 1. The third-order valence-electron chi connectivity index (χ3n) is 3.94. The SMILES string of the molecule is CCOc1nc(N)nc2c1ncn2[C@@H]1OC(C)(CO)CC1C. The van der Waals surface area contributed by atoms with E-state index < -0.39 is 5.60 Å². The first-order chi connectivity index (χ1) is 10.5. The predicted molar refractivity (Wildman–Crippen MR) is 80.3 cm³/mol. The van der Waals surface area contributed by atoms with Crippen molar-refractivity contribution in [3.63, 3.8) is 0 Å².